The molecule has 9 heteroatoms. The number of nitrogens with zero attached hydrogens (tertiary/aromatic N) is 1. The van der Waals surface area contributed by atoms with Gasteiger partial charge in [-0.15, -0.1) is 0 Å². The van der Waals surface area contributed by atoms with Gasteiger partial charge >= 0.3 is 5.97 Å². The Labute approximate surface area is 194 Å². The van der Waals surface area contributed by atoms with Gasteiger partial charge in [-0.3, -0.25) is 9.69 Å². The summed E-state index contributed by atoms with van der Waals surface area (Å²) >= 11 is 12.5. The fourth-order valence-electron chi connectivity index (χ4n) is 3.03. The van der Waals surface area contributed by atoms with Crippen LogP contribution >= 0.6 is 35.6 Å². The highest BCUT2D eigenvalue weighted by atomic mass is 35.5. The van der Waals surface area contributed by atoms with Crippen LogP contribution in [0, 0.1) is 0 Å². The maximum atomic E-state index is 12.8. The number of ether oxygens (including phenoxy) is 2. The number of thioether (sulfide) groups is 1. The lowest BCUT2D eigenvalue weighted by Gasteiger charge is -2.21. The van der Waals surface area contributed by atoms with Crippen molar-refractivity contribution >= 4 is 57.9 Å². The van der Waals surface area contributed by atoms with Crippen molar-refractivity contribution < 1.29 is 24.2 Å². The smallest absolute Gasteiger partial charge is 0.326 e. The average molecular weight is 478 g/mol. The van der Waals surface area contributed by atoms with Crippen LogP contribution in [0.1, 0.15) is 24.5 Å². The van der Waals surface area contributed by atoms with Crippen LogP contribution in [-0.2, 0) is 16.2 Å². The summed E-state index contributed by atoms with van der Waals surface area (Å²) in [6.07, 6.45) is 1.93. The van der Waals surface area contributed by atoms with Gasteiger partial charge in [-0.05, 0) is 36.3 Å². The monoisotopic (exact) mass is 477 g/mol. The van der Waals surface area contributed by atoms with Crippen LogP contribution in [0.2, 0.25) is 5.02 Å². The number of benzene rings is 2. The molecule has 1 aliphatic rings. The second kappa shape index (κ2) is 10.2. The lowest BCUT2D eigenvalue weighted by Crippen LogP contribution is -2.43. The van der Waals surface area contributed by atoms with Gasteiger partial charge in [-0.1, -0.05) is 66.8 Å². The molecule has 0 aromatic heterocycles. The van der Waals surface area contributed by atoms with Crippen molar-refractivity contribution in [3.05, 3.63) is 63.5 Å². The number of hydrogen-bond donors (Lipinski definition) is 1. The van der Waals surface area contributed by atoms with E-state index in [1.54, 1.807) is 37.3 Å². The first-order chi connectivity index (χ1) is 14.8. The molecule has 0 unspecified atom stereocenters. The Morgan fingerprint density at radius 3 is 2.68 bits per heavy atom. The molecule has 1 amide bonds. The predicted octanol–water partition coefficient (Wildman–Crippen LogP) is 4.99. The van der Waals surface area contributed by atoms with E-state index in [9.17, 15) is 14.7 Å². The maximum Gasteiger partial charge on any atom is 0.326 e. The first-order valence-corrected chi connectivity index (χ1v) is 11.0. The molecule has 2 aromatic rings. The van der Waals surface area contributed by atoms with Crippen molar-refractivity contribution in [3.63, 3.8) is 0 Å². The molecule has 0 spiro atoms. The molecule has 1 aliphatic heterocycles. The zero-order valence-electron chi connectivity index (χ0n) is 16.8. The molecule has 0 bridgehead atoms. The topological polar surface area (TPSA) is 76.1 Å². The van der Waals surface area contributed by atoms with Crippen molar-refractivity contribution in [3.8, 4) is 11.5 Å². The Morgan fingerprint density at radius 1 is 1.29 bits per heavy atom. The molecule has 0 aliphatic carbocycles. The Bertz CT molecular complexity index is 1060. The number of aliphatic carboxylic acids is 1. The third kappa shape index (κ3) is 5.20. The van der Waals surface area contributed by atoms with E-state index in [-0.39, 0.29) is 17.3 Å². The zero-order chi connectivity index (χ0) is 22.5. The van der Waals surface area contributed by atoms with E-state index in [2.05, 4.69) is 0 Å². The van der Waals surface area contributed by atoms with Gasteiger partial charge in [0.2, 0.25) is 0 Å². The third-order valence-corrected chi connectivity index (χ3v) is 6.33. The number of carbonyl (C=O) groups excluding carboxylic acids is 1. The summed E-state index contributed by atoms with van der Waals surface area (Å²) in [5.74, 6) is -0.471. The van der Waals surface area contributed by atoms with Gasteiger partial charge in [0, 0.05) is 10.6 Å². The molecule has 1 N–H and O–H groups in total. The van der Waals surface area contributed by atoms with E-state index in [0.717, 1.165) is 22.2 Å². The van der Waals surface area contributed by atoms with E-state index in [1.807, 2.05) is 18.2 Å². The quantitative estimate of drug-likeness (QED) is 0.424. The number of thiocarbonyl (C=S) groups is 1. The second-order valence-corrected chi connectivity index (χ2v) is 8.69. The molecule has 2 aromatic carbocycles. The molecule has 31 heavy (non-hydrogen) atoms. The molecule has 0 radical (unpaired) electrons. The van der Waals surface area contributed by atoms with E-state index in [1.165, 1.54) is 7.11 Å². The molecule has 1 saturated heterocycles. The van der Waals surface area contributed by atoms with Gasteiger partial charge in [0.15, 0.2) is 11.5 Å². The fraction of sp³-hybridized carbons (Fsp3) is 0.227. The van der Waals surface area contributed by atoms with Crippen LogP contribution in [0.4, 0.5) is 0 Å². The Balaban J connectivity index is 1.80. The number of carboxylic acids is 1. The first kappa shape index (κ1) is 23.1. The number of rotatable bonds is 8. The van der Waals surface area contributed by atoms with Crippen LogP contribution < -0.4 is 9.47 Å². The lowest BCUT2D eigenvalue weighted by molar-refractivity contribution is -0.145. The van der Waals surface area contributed by atoms with E-state index < -0.39 is 17.9 Å². The standard InChI is InChI=1S/C22H20ClNO5S2/c1-3-16(21(26)27)24-20(25)19(31-22(24)30)11-13-8-9-17(18(10-13)28-2)29-12-14-6-4-5-7-15(14)23/h4-11,16H,3,12H2,1-2H3,(H,26,27)/b19-11+/t16-/m0/s1. The lowest BCUT2D eigenvalue weighted by atomic mass is 10.1. The zero-order valence-corrected chi connectivity index (χ0v) is 19.2. The van der Waals surface area contributed by atoms with E-state index in [0.29, 0.717) is 27.0 Å². The molecule has 3 rings (SSSR count). The highest BCUT2D eigenvalue weighted by Gasteiger charge is 2.39. The summed E-state index contributed by atoms with van der Waals surface area (Å²) in [7, 11) is 1.53. The summed E-state index contributed by atoms with van der Waals surface area (Å²) in [6.45, 7) is 1.98. The summed E-state index contributed by atoms with van der Waals surface area (Å²) in [4.78, 5) is 25.7. The number of methoxy groups -OCH3 is 1. The van der Waals surface area contributed by atoms with Crippen molar-refractivity contribution in [2.45, 2.75) is 26.0 Å². The minimum atomic E-state index is -1.08. The second-order valence-electron chi connectivity index (χ2n) is 6.60. The number of hydrogen-bond acceptors (Lipinski definition) is 6. The normalized spacial score (nSPS) is 16.0. The Kier molecular flexibility index (Phi) is 7.59. The first-order valence-electron chi connectivity index (χ1n) is 9.39. The van der Waals surface area contributed by atoms with Crippen molar-refractivity contribution in [2.75, 3.05) is 7.11 Å². The fourth-order valence-corrected chi connectivity index (χ4v) is 4.58. The van der Waals surface area contributed by atoms with Gasteiger partial charge in [-0.2, -0.15) is 0 Å². The third-order valence-electron chi connectivity index (χ3n) is 4.63. The molecular formula is C22H20ClNO5S2. The van der Waals surface area contributed by atoms with E-state index >= 15 is 0 Å². The molecule has 1 atom stereocenters. The summed E-state index contributed by atoms with van der Waals surface area (Å²) < 4.78 is 11.5. The number of amides is 1. The molecular weight excluding hydrogens is 458 g/mol. The van der Waals surface area contributed by atoms with E-state index in [4.69, 9.17) is 33.3 Å². The minimum absolute atomic E-state index is 0.233. The van der Waals surface area contributed by atoms with Gasteiger partial charge in [0.1, 0.15) is 17.0 Å². The molecule has 0 saturated carbocycles. The minimum Gasteiger partial charge on any atom is -0.493 e. The summed E-state index contributed by atoms with van der Waals surface area (Å²) in [6, 6.07) is 11.7. The summed E-state index contributed by atoms with van der Waals surface area (Å²) in [5.41, 5.74) is 1.55. The van der Waals surface area contributed by atoms with Gasteiger partial charge < -0.3 is 14.6 Å². The van der Waals surface area contributed by atoms with Crippen LogP contribution in [0.5, 0.6) is 11.5 Å². The maximum absolute atomic E-state index is 12.8. The van der Waals surface area contributed by atoms with Gasteiger partial charge in [0.25, 0.3) is 5.91 Å². The van der Waals surface area contributed by atoms with Crippen molar-refractivity contribution in [2.24, 2.45) is 0 Å². The largest absolute Gasteiger partial charge is 0.493 e. The number of carboxylic acid groups (broad SMARTS) is 1. The van der Waals surface area contributed by atoms with Crippen molar-refractivity contribution in [1.82, 2.24) is 4.90 Å². The molecule has 162 valence electrons. The Morgan fingerprint density at radius 2 is 2.03 bits per heavy atom. The van der Waals surface area contributed by atoms with Crippen molar-refractivity contribution in [1.29, 1.82) is 0 Å². The predicted molar refractivity (Wildman–Crippen MR) is 126 cm³/mol. The highest BCUT2D eigenvalue weighted by Crippen LogP contribution is 2.36. The van der Waals surface area contributed by atoms with Gasteiger partial charge in [-0.25, -0.2) is 4.79 Å². The molecule has 1 fully saturated rings. The average Bonchev–Trinajstić information content (AvgIpc) is 3.02. The molecule has 1 heterocycles. The number of carbonyl (C=O) groups is 2. The van der Waals surface area contributed by atoms with Crippen LogP contribution in [-0.4, -0.2) is 39.4 Å². The number of halogens is 1. The SMILES string of the molecule is CC[C@@H](C(=O)O)N1C(=O)/C(=C\c2ccc(OCc3ccccc3Cl)c(OC)c2)SC1=S. The van der Waals surface area contributed by atoms with Crippen LogP contribution in [0.15, 0.2) is 47.4 Å². The highest BCUT2D eigenvalue weighted by molar-refractivity contribution is 8.26. The Hall–Kier alpha value is -2.55. The van der Waals surface area contributed by atoms with Gasteiger partial charge in [0.05, 0.1) is 12.0 Å². The van der Waals surface area contributed by atoms with Crippen LogP contribution in [0.3, 0.4) is 0 Å². The molecule has 6 nitrogen and oxygen atoms in total. The summed E-state index contributed by atoms with van der Waals surface area (Å²) in [5, 5.41) is 9.99. The van der Waals surface area contributed by atoms with Crippen LogP contribution in [0.25, 0.3) is 6.08 Å².